The Morgan fingerprint density at radius 2 is 1.80 bits per heavy atom. The van der Waals surface area contributed by atoms with Crippen LogP contribution in [0, 0.1) is 0 Å². The van der Waals surface area contributed by atoms with Crippen LogP contribution < -0.4 is 29.1 Å². The fourth-order valence-electron chi connectivity index (χ4n) is 5.40. The number of carbonyl (C=O) groups excluding carboxylic acids is 2. The van der Waals surface area contributed by atoms with Gasteiger partial charge in [0.1, 0.15) is 11.8 Å². The molecule has 11 nitrogen and oxygen atoms in total. The van der Waals surface area contributed by atoms with Crippen LogP contribution in [0.25, 0.3) is 6.08 Å². The molecule has 45 heavy (non-hydrogen) atoms. The minimum absolute atomic E-state index is 0.125. The van der Waals surface area contributed by atoms with Crippen LogP contribution in [-0.2, 0) is 19.1 Å². The summed E-state index contributed by atoms with van der Waals surface area (Å²) in [6, 6.07) is 11.8. The molecule has 3 heterocycles. The minimum Gasteiger partial charge on any atom is -0.496 e. The van der Waals surface area contributed by atoms with Crippen molar-refractivity contribution in [2.75, 3.05) is 53.7 Å². The number of nitrogens with zero attached hydrogens (tertiary/aromatic N) is 3. The zero-order valence-electron chi connectivity index (χ0n) is 25.9. The zero-order valence-corrected chi connectivity index (χ0v) is 26.7. The second-order valence-electron chi connectivity index (χ2n) is 10.3. The van der Waals surface area contributed by atoms with Crippen LogP contribution in [-0.4, -0.2) is 75.1 Å². The molecule has 2 aromatic carbocycles. The number of rotatable bonds is 11. The van der Waals surface area contributed by atoms with Gasteiger partial charge >= 0.3 is 5.97 Å². The predicted octanol–water partition coefficient (Wildman–Crippen LogP) is 2.83. The summed E-state index contributed by atoms with van der Waals surface area (Å²) in [6.07, 6.45) is 3.04. The van der Waals surface area contributed by atoms with E-state index in [2.05, 4.69) is 0 Å². The summed E-state index contributed by atoms with van der Waals surface area (Å²) < 4.78 is 29.8. The van der Waals surface area contributed by atoms with Crippen molar-refractivity contribution in [3.05, 3.63) is 84.5 Å². The molecule has 0 spiro atoms. The number of aromatic nitrogens is 1. The fourth-order valence-corrected chi connectivity index (χ4v) is 6.42. The number of amides is 1. The second kappa shape index (κ2) is 14.6. The SMILES string of the molecule is CCCC1=C(C(=O)OCC)[C@@H](c2ccccc2OC)n2c(s/c(=C/c3ccc(OCC(=O)N4CCOCC4)c(OC)c3)c2=O)=N1. The molecule has 0 N–H and O–H groups in total. The minimum atomic E-state index is -0.783. The van der Waals surface area contributed by atoms with Gasteiger partial charge < -0.3 is 28.6 Å². The van der Waals surface area contributed by atoms with E-state index in [9.17, 15) is 14.4 Å². The molecule has 5 rings (SSSR count). The lowest BCUT2D eigenvalue weighted by Gasteiger charge is -2.26. The van der Waals surface area contributed by atoms with E-state index in [1.54, 1.807) is 53.8 Å². The van der Waals surface area contributed by atoms with Crippen LogP contribution in [0.2, 0.25) is 0 Å². The molecule has 1 saturated heterocycles. The second-order valence-corrected chi connectivity index (χ2v) is 11.4. The van der Waals surface area contributed by atoms with Crippen molar-refractivity contribution in [2.24, 2.45) is 4.99 Å². The Kier molecular flexibility index (Phi) is 10.4. The molecule has 1 atom stereocenters. The summed E-state index contributed by atoms with van der Waals surface area (Å²) in [4.78, 5) is 47.1. The molecule has 0 saturated carbocycles. The number of allylic oxidation sites excluding steroid dienone is 1. The lowest BCUT2D eigenvalue weighted by molar-refractivity contribution is -0.139. The van der Waals surface area contributed by atoms with Gasteiger partial charge in [-0.15, -0.1) is 0 Å². The van der Waals surface area contributed by atoms with Gasteiger partial charge in [0.15, 0.2) is 22.9 Å². The summed E-state index contributed by atoms with van der Waals surface area (Å²) in [5, 5.41) is 0. The van der Waals surface area contributed by atoms with E-state index < -0.39 is 12.0 Å². The number of morpholine rings is 1. The third kappa shape index (κ3) is 6.81. The molecule has 2 aliphatic heterocycles. The average Bonchev–Trinajstić information content (AvgIpc) is 3.37. The van der Waals surface area contributed by atoms with Crippen molar-refractivity contribution in [1.82, 2.24) is 9.47 Å². The Labute approximate surface area is 265 Å². The molecule has 1 amide bonds. The van der Waals surface area contributed by atoms with Crippen LogP contribution in [0.3, 0.4) is 0 Å². The summed E-state index contributed by atoms with van der Waals surface area (Å²) in [7, 11) is 3.08. The monoisotopic (exact) mass is 635 g/mol. The Bertz CT molecular complexity index is 1770. The molecule has 1 aromatic heterocycles. The van der Waals surface area contributed by atoms with E-state index in [0.717, 1.165) is 6.42 Å². The molecule has 238 valence electrons. The van der Waals surface area contributed by atoms with E-state index in [-0.39, 0.29) is 24.7 Å². The first-order chi connectivity index (χ1) is 21.9. The first-order valence-corrected chi connectivity index (χ1v) is 15.7. The molecule has 0 radical (unpaired) electrons. The molecule has 1 fully saturated rings. The Balaban J connectivity index is 1.55. The van der Waals surface area contributed by atoms with Crippen molar-refractivity contribution >= 4 is 29.3 Å². The van der Waals surface area contributed by atoms with Crippen molar-refractivity contribution < 1.29 is 33.3 Å². The lowest BCUT2D eigenvalue weighted by Crippen LogP contribution is -2.43. The van der Waals surface area contributed by atoms with Crippen molar-refractivity contribution in [2.45, 2.75) is 32.7 Å². The highest BCUT2D eigenvalue weighted by atomic mass is 32.1. The van der Waals surface area contributed by atoms with E-state index in [0.29, 0.717) is 81.7 Å². The maximum absolute atomic E-state index is 14.1. The van der Waals surface area contributed by atoms with Gasteiger partial charge in [-0.3, -0.25) is 14.2 Å². The summed E-state index contributed by atoms with van der Waals surface area (Å²) in [6.45, 7) is 5.92. The summed E-state index contributed by atoms with van der Waals surface area (Å²) in [5.41, 5.74) is 1.97. The first-order valence-electron chi connectivity index (χ1n) is 14.9. The van der Waals surface area contributed by atoms with E-state index in [4.69, 9.17) is 28.7 Å². The average molecular weight is 636 g/mol. The number of methoxy groups -OCH3 is 2. The van der Waals surface area contributed by atoms with Gasteiger partial charge in [-0.25, -0.2) is 9.79 Å². The molecule has 12 heteroatoms. The molecule has 0 unspecified atom stereocenters. The Hall–Kier alpha value is -4.42. The largest absolute Gasteiger partial charge is 0.496 e. The number of hydrogen-bond acceptors (Lipinski definition) is 10. The lowest BCUT2D eigenvalue weighted by atomic mass is 9.93. The van der Waals surface area contributed by atoms with Crippen LogP contribution in [0.5, 0.6) is 17.2 Å². The molecule has 0 aliphatic carbocycles. The Morgan fingerprint density at radius 3 is 2.51 bits per heavy atom. The fraction of sp³-hybridized carbons (Fsp3) is 0.394. The Morgan fingerprint density at radius 1 is 1.04 bits per heavy atom. The van der Waals surface area contributed by atoms with Crippen LogP contribution >= 0.6 is 11.3 Å². The van der Waals surface area contributed by atoms with Gasteiger partial charge in [-0.05, 0) is 43.2 Å². The normalized spacial score (nSPS) is 16.6. The van der Waals surface area contributed by atoms with Gasteiger partial charge in [0.25, 0.3) is 11.5 Å². The van der Waals surface area contributed by atoms with Crippen molar-refractivity contribution in [1.29, 1.82) is 0 Å². The summed E-state index contributed by atoms with van der Waals surface area (Å²) >= 11 is 1.24. The van der Waals surface area contributed by atoms with Crippen molar-refractivity contribution in [3.8, 4) is 17.2 Å². The van der Waals surface area contributed by atoms with E-state index >= 15 is 0 Å². The molecule has 2 aliphatic rings. The number of ether oxygens (including phenoxy) is 5. The van der Waals surface area contributed by atoms with E-state index in [1.807, 2.05) is 25.1 Å². The molecular formula is C33H37N3O8S. The van der Waals surface area contributed by atoms with Crippen molar-refractivity contribution in [3.63, 3.8) is 0 Å². The zero-order chi connectivity index (χ0) is 31.9. The smallest absolute Gasteiger partial charge is 0.338 e. The molecule has 0 bridgehead atoms. The van der Waals surface area contributed by atoms with E-state index in [1.165, 1.54) is 18.4 Å². The first kappa shape index (κ1) is 32.0. The topological polar surface area (TPSA) is 118 Å². The number of benzene rings is 2. The quantitative estimate of drug-likeness (QED) is 0.296. The number of thiazole rings is 1. The van der Waals surface area contributed by atoms with Crippen LogP contribution in [0.1, 0.15) is 43.9 Å². The molecular weight excluding hydrogens is 598 g/mol. The molecule has 3 aromatic rings. The van der Waals surface area contributed by atoms with Gasteiger partial charge in [0.05, 0.1) is 49.8 Å². The number of esters is 1. The highest BCUT2D eigenvalue weighted by molar-refractivity contribution is 7.07. The maximum atomic E-state index is 14.1. The number of para-hydroxylation sites is 1. The van der Waals surface area contributed by atoms with Gasteiger partial charge in [-0.1, -0.05) is 48.9 Å². The number of carbonyl (C=O) groups is 2. The van der Waals surface area contributed by atoms with Gasteiger partial charge in [-0.2, -0.15) is 0 Å². The number of fused-ring (bicyclic) bond motifs is 1. The predicted molar refractivity (Wildman–Crippen MR) is 169 cm³/mol. The van der Waals surface area contributed by atoms with Crippen LogP contribution in [0.15, 0.2) is 63.5 Å². The van der Waals surface area contributed by atoms with Crippen LogP contribution in [0.4, 0.5) is 0 Å². The van der Waals surface area contributed by atoms with Gasteiger partial charge in [0.2, 0.25) is 0 Å². The highest BCUT2D eigenvalue weighted by Gasteiger charge is 2.35. The third-order valence-corrected chi connectivity index (χ3v) is 8.51. The summed E-state index contributed by atoms with van der Waals surface area (Å²) in [5.74, 6) is 0.747. The maximum Gasteiger partial charge on any atom is 0.338 e. The highest BCUT2D eigenvalue weighted by Crippen LogP contribution is 2.37. The van der Waals surface area contributed by atoms with Gasteiger partial charge in [0, 0.05) is 18.7 Å². The number of hydrogen-bond donors (Lipinski definition) is 0. The standard InChI is InChI=1S/C33H37N3O8S/c1-5-9-23-29(32(39)43-6-2)30(22-10-7-8-11-24(22)40-3)36-31(38)27(45-33(36)34-23)19-21-12-13-25(26(18-21)41-4)44-20-28(37)35-14-16-42-17-15-35/h7-8,10-13,18-19,30H,5-6,9,14-17,20H2,1-4H3/b27-19+/t30-/m1/s1. The third-order valence-electron chi connectivity index (χ3n) is 7.53.